The summed E-state index contributed by atoms with van der Waals surface area (Å²) in [7, 11) is 0. The lowest BCUT2D eigenvalue weighted by molar-refractivity contribution is -0.126. The summed E-state index contributed by atoms with van der Waals surface area (Å²) in [6, 6.07) is 14.2. The number of carbonyl (C=O) groups is 1. The molecular weight excluding hydrogens is 350 g/mol. The molecule has 2 atom stereocenters. The van der Waals surface area contributed by atoms with E-state index in [1.165, 1.54) is 0 Å². The molecule has 2 aromatic carbocycles. The highest BCUT2D eigenvalue weighted by molar-refractivity contribution is 7.78. The first kappa shape index (κ1) is 18.4. The Morgan fingerprint density at radius 2 is 1.85 bits per heavy atom. The molecule has 0 bridgehead atoms. The van der Waals surface area contributed by atoms with E-state index in [0.29, 0.717) is 34.6 Å². The van der Waals surface area contributed by atoms with E-state index < -0.39 is 16.7 Å². The van der Waals surface area contributed by atoms with Crippen LogP contribution >= 0.6 is 0 Å². The molecule has 3 rings (SSSR count). The average Bonchev–Trinajstić information content (AvgIpc) is 2.87. The lowest BCUT2D eigenvalue weighted by Crippen LogP contribution is -2.32. The molecule has 0 fully saturated rings. The number of carbonyl (C=O) groups excluding carboxylic acids is 1. The number of nitrogens with two attached hydrogens (primary N) is 1. The van der Waals surface area contributed by atoms with Gasteiger partial charge in [0.15, 0.2) is 5.60 Å². The Morgan fingerprint density at radius 1 is 1.15 bits per heavy atom. The number of anilines is 1. The fourth-order valence-corrected chi connectivity index (χ4v) is 3.44. The molecule has 2 N–H and O–H groups in total. The van der Waals surface area contributed by atoms with Crippen LogP contribution in [-0.4, -0.2) is 20.1 Å². The van der Waals surface area contributed by atoms with Gasteiger partial charge in [0.25, 0.3) is 0 Å². The van der Waals surface area contributed by atoms with E-state index in [1.54, 1.807) is 49.4 Å². The van der Waals surface area contributed by atoms with Gasteiger partial charge in [-0.2, -0.15) is 0 Å². The predicted octanol–water partition coefficient (Wildman–Crippen LogP) is 3.28. The van der Waals surface area contributed by atoms with Gasteiger partial charge in [-0.1, -0.05) is 54.4 Å². The van der Waals surface area contributed by atoms with Crippen molar-refractivity contribution in [2.75, 3.05) is 5.73 Å². The Labute approximate surface area is 155 Å². The smallest absolute Gasteiger partial charge is 0.210 e. The van der Waals surface area contributed by atoms with Crippen molar-refractivity contribution in [3.8, 4) is 0 Å². The zero-order chi connectivity index (χ0) is 18.9. The molecule has 1 aliphatic rings. The Bertz CT molecular complexity index is 904. The van der Waals surface area contributed by atoms with Crippen LogP contribution in [0.1, 0.15) is 37.0 Å². The topological polar surface area (TPSA) is 92.4 Å². The van der Waals surface area contributed by atoms with Crippen molar-refractivity contribution in [2.45, 2.75) is 31.6 Å². The minimum absolute atomic E-state index is 0.0478. The Hall–Kier alpha value is -2.44. The summed E-state index contributed by atoms with van der Waals surface area (Å²) in [5, 5.41) is 0. The summed E-state index contributed by atoms with van der Waals surface area (Å²) in [5.41, 5.74) is 8.16. The molecule has 26 heavy (non-hydrogen) atoms. The van der Waals surface area contributed by atoms with Gasteiger partial charge in [-0.15, -0.1) is 0 Å². The highest BCUT2D eigenvalue weighted by Gasteiger charge is 2.45. The second kappa shape index (κ2) is 7.05. The van der Waals surface area contributed by atoms with Gasteiger partial charge in [-0.25, -0.2) is 0 Å². The highest BCUT2D eigenvalue weighted by Crippen LogP contribution is 2.43. The largest absolute Gasteiger partial charge is 0.772 e. The minimum atomic E-state index is -2.15. The molecule has 0 saturated carbocycles. The second-order valence-electron chi connectivity index (χ2n) is 6.49. The van der Waals surface area contributed by atoms with Crippen molar-refractivity contribution in [3.05, 3.63) is 65.2 Å². The number of ketones is 1. The van der Waals surface area contributed by atoms with E-state index in [1.807, 2.05) is 13.0 Å². The molecule has 0 amide bonds. The molecule has 5 nitrogen and oxygen atoms in total. The van der Waals surface area contributed by atoms with Crippen molar-refractivity contribution in [3.63, 3.8) is 0 Å². The average molecular weight is 370 g/mol. The Morgan fingerprint density at radius 3 is 2.42 bits per heavy atom. The van der Waals surface area contributed by atoms with E-state index in [0.717, 1.165) is 5.56 Å². The first-order valence-electron chi connectivity index (χ1n) is 8.33. The van der Waals surface area contributed by atoms with Gasteiger partial charge in [0.1, 0.15) is 5.76 Å². The van der Waals surface area contributed by atoms with Crippen molar-refractivity contribution in [1.29, 1.82) is 0 Å². The first-order valence-corrected chi connectivity index (χ1v) is 9.57. The third-order valence-corrected chi connectivity index (χ3v) is 5.18. The summed E-state index contributed by atoms with van der Waals surface area (Å²) in [6.07, 6.45) is 0.536. The van der Waals surface area contributed by atoms with Crippen molar-refractivity contribution >= 4 is 33.9 Å². The molecule has 0 aliphatic carbocycles. The van der Waals surface area contributed by atoms with Gasteiger partial charge in [0, 0.05) is 17.0 Å². The van der Waals surface area contributed by atoms with Crippen LogP contribution in [0.3, 0.4) is 0 Å². The summed E-state index contributed by atoms with van der Waals surface area (Å²) in [4.78, 5) is 13.1. The monoisotopic (exact) mass is 370 g/mol. The van der Waals surface area contributed by atoms with Crippen molar-refractivity contribution < 1.29 is 18.3 Å². The molecule has 136 valence electrons. The van der Waals surface area contributed by atoms with Crippen LogP contribution in [0.5, 0.6) is 0 Å². The van der Waals surface area contributed by atoms with Crippen LogP contribution in [-0.2, 0) is 26.4 Å². The van der Waals surface area contributed by atoms with Crippen molar-refractivity contribution in [1.82, 2.24) is 0 Å². The van der Waals surface area contributed by atoms with E-state index in [-0.39, 0.29) is 11.5 Å². The first-order chi connectivity index (χ1) is 12.3. The molecule has 0 saturated heterocycles. The van der Waals surface area contributed by atoms with E-state index >= 15 is 0 Å². The third kappa shape index (κ3) is 3.43. The summed E-state index contributed by atoms with van der Waals surface area (Å²) < 4.78 is 27.8. The maximum Gasteiger partial charge on any atom is 0.210 e. The van der Waals surface area contributed by atoms with Gasteiger partial charge in [-0.05, 0) is 36.6 Å². The van der Waals surface area contributed by atoms with Gasteiger partial charge in [-0.3, -0.25) is 9.00 Å². The van der Waals surface area contributed by atoms with Gasteiger partial charge >= 0.3 is 0 Å². The maximum atomic E-state index is 13.1. The van der Waals surface area contributed by atoms with Crippen molar-refractivity contribution in [2.24, 2.45) is 0 Å². The van der Waals surface area contributed by atoms with Crippen LogP contribution in [0, 0.1) is 0 Å². The quantitative estimate of drug-likeness (QED) is 0.644. The molecule has 2 aromatic rings. The summed E-state index contributed by atoms with van der Waals surface area (Å²) >= 11 is -2.15. The van der Waals surface area contributed by atoms with E-state index in [4.69, 9.17) is 10.5 Å². The van der Waals surface area contributed by atoms with Crippen LogP contribution in [0.25, 0.3) is 11.3 Å². The molecule has 0 radical (unpaired) electrons. The van der Waals surface area contributed by atoms with E-state index in [9.17, 15) is 13.6 Å². The number of ether oxygens (including phenoxy) is 1. The van der Waals surface area contributed by atoms with Gasteiger partial charge in [0.05, 0.1) is 5.57 Å². The predicted molar refractivity (Wildman–Crippen MR) is 102 cm³/mol. The Balaban J connectivity index is 2.10. The highest BCUT2D eigenvalue weighted by atomic mass is 32.2. The number of rotatable bonds is 5. The molecular formula is C20H20NO4S-. The number of hydrogen-bond donors (Lipinski definition) is 1. The van der Waals surface area contributed by atoms with Crippen LogP contribution in [0.4, 0.5) is 5.69 Å². The second-order valence-corrected chi connectivity index (χ2v) is 7.39. The van der Waals surface area contributed by atoms with Crippen LogP contribution < -0.4 is 5.73 Å². The lowest BCUT2D eigenvalue weighted by Gasteiger charge is -2.21. The fraction of sp³-hybridized carbons (Fsp3) is 0.250. The molecule has 1 aliphatic heterocycles. The number of Topliss-reactive ketones (excluding diaryl/α,β-unsaturated/α-hetero) is 1. The lowest BCUT2D eigenvalue weighted by atomic mass is 9.90. The minimum Gasteiger partial charge on any atom is -0.772 e. The molecule has 2 unspecified atom stereocenters. The summed E-state index contributed by atoms with van der Waals surface area (Å²) in [6.45, 7) is 3.69. The van der Waals surface area contributed by atoms with Gasteiger partial charge in [0.2, 0.25) is 5.78 Å². The standard InChI is InChI=1S/C20H21NO4S/c1-3-20(2)19(22)17(15-5-4-6-16(21)11-15)18(25-20)14-9-7-13(8-10-14)12-26(23)24/h4-11H,3,12,21H2,1-2H3,(H,23,24)/p-1. The molecule has 0 aromatic heterocycles. The molecule has 1 heterocycles. The fourth-order valence-electron chi connectivity index (χ4n) is 2.97. The normalized spacial score (nSPS) is 21.0. The molecule has 0 spiro atoms. The van der Waals surface area contributed by atoms with E-state index in [2.05, 4.69) is 0 Å². The zero-order valence-corrected chi connectivity index (χ0v) is 15.5. The zero-order valence-electron chi connectivity index (χ0n) is 14.7. The summed E-state index contributed by atoms with van der Waals surface area (Å²) in [5.74, 6) is 0.374. The van der Waals surface area contributed by atoms with Gasteiger partial charge < -0.3 is 15.0 Å². The third-order valence-electron chi connectivity index (χ3n) is 4.61. The number of benzene rings is 2. The molecule has 6 heteroatoms. The number of nitrogen functional groups attached to an aromatic ring is 1. The Kier molecular flexibility index (Phi) is 4.98. The van der Waals surface area contributed by atoms with Crippen LogP contribution in [0.15, 0.2) is 48.5 Å². The van der Waals surface area contributed by atoms with Crippen LogP contribution in [0.2, 0.25) is 0 Å². The number of hydrogen-bond acceptors (Lipinski definition) is 5. The maximum absolute atomic E-state index is 13.1. The SMILES string of the molecule is CCC1(C)OC(c2ccc(CS(=O)[O-])cc2)=C(c2cccc(N)c2)C1=O.